The summed E-state index contributed by atoms with van der Waals surface area (Å²) < 4.78 is 0. The smallest absolute Gasteiger partial charge is 0.229 e. The van der Waals surface area contributed by atoms with Crippen molar-refractivity contribution in [3.8, 4) is 0 Å². The van der Waals surface area contributed by atoms with Crippen LogP contribution in [0.5, 0.6) is 0 Å². The summed E-state index contributed by atoms with van der Waals surface area (Å²) >= 11 is 7.50. The van der Waals surface area contributed by atoms with E-state index in [1.165, 1.54) is 11.3 Å². The Labute approximate surface area is 127 Å². The molecule has 1 saturated carbocycles. The molecule has 0 spiro atoms. The number of nitrogens with one attached hydrogen (secondary N) is 1. The predicted molar refractivity (Wildman–Crippen MR) is 82.3 cm³/mol. The standard InChI is InChI=1S/C15H15ClN2OS/c16-12-6-1-3-10(7-12)8-13-9-17-15(20-13)18-14(19)11-4-2-5-11/h1,3,6-7,9,11H,2,4-5,8H2,(H,17,18,19). The van der Waals surface area contributed by atoms with Gasteiger partial charge in [0.25, 0.3) is 0 Å². The Bertz CT molecular complexity index is 622. The Morgan fingerprint density at radius 1 is 1.45 bits per heavy atom. The Kier molecular flexibility index (Phi) is 4.03. The lowest BCUT2D eigenvalue weighted by Crippen LogP contribution is -2.27. The summed E-state index contributed by atoms with van der Waals surface area (Å²) in [6, 6.07) is 7.80. The maximum Gasteiger partial charge on any atom is 0.229 e. The number of hydrogen-bond donors (Lipinski definition) is 1. The van der Waals surface area contributed by atoms with E-state index in [9.17, 15) is 4.79 Å². The minimum atomic E-state index is 0.111. The predicted octanol–water partition coefficient (Wildman–Crippen LogP) is 4.13. The van der Waals surface area contributed by atoms with Crippen molar-refractivity contribution >= 4 is 34.0 Å². The molecule has 3 nitrogen and oxygen atoms in total. The van der Waals surface area contributed by atoms with Crippen LogP contribution in [0.1, 0.15) is 29.7 Å². The van der Waals surface area contributed by atoms with E-state index in [2.05, 4.69) is 10.3 Å². The van der Waals surface area contributed by atoms with Crippen molar-refractivity contribution in [3.63, 3.8) is 0 Å². The number of hydrogen-bond acceptors (Lipinski definition) is 3. The molecule has 5 heteroatoms. The molecule has 0 radical (unpaired) electrons. The first-order valence-corrected chi connectivity index (χ1v) is 7.90. The first kappa shape index (κ1) is 13.6. The second-order valence-electron chi connectivity index (χ2n) is 5.06. The maximum absolute atomic E-state index is 11.8. The summed E-state index contributed by atoms with van der Waals surface area (Å²) in [4.78, 5) is 17.2. The van der Waals surface area contributed by atoms with Gasteiger partial charge >= 0.3 is 0 Å². The summed E-state index contributed by atoms with van der Waals surface area (Å²) in [7, 11) is 0. The van der Waals surface area contributed by atoms with Crippen molar-refractivity contribution in [1.82, 2.24) is 4.98 Å². The molecule has 1 amide bonds. The summed E-state index contributed by atoms with van der Waals surface area (Å²) in [5, 5.41) is 4.34. The fourth-order valence-corrected chi connectivity index (χ4v) is 3.24. The largest absolute Gasteiger partial charge is 0.302 e. The number of aromatic nitrogens is 1. The van der Waals surface area contributed by atoms with E-state index >= 15 is 0 Å². The van der Waals surface area contributed by atoms with E-state index in [-0.39, 0.29) is 11.8 Å². The Hall–Kier alpha value is -1.39. The average Bonchev–Trinajstić information content (AvgIpc) is 2.74. The minimum absolute atomic E-state index is 0.111. The molecule has 104 valence electrons. The highest BCUT2D eigenvalue weighted by molar-refractivity contribution is 7.15. The molecule has 1 aliphatic carbocycles. The molecule has 1 N–H and O–H groups in total. The minimum Gasteiger partial charge on any atom is -0.302 e. The van der Waals surface area contributed by atoms with Gasteiger partial charge in [0.2, 0.25) is 5.91 Å². The lowest BCUT2D eigenvalue weighted by molar-refractivity contribution is -0.122. The summed E-state index contributed by atoms with van der Waals surface area (Å²) in [5.41, 5.74) is 1.15. The first-order chi connectivity index (χ1) is 9.70. The summed E-state index contributed by atoms with van der Waals surface area (Å²) in [6.07, 6.45) is 5.79. The van der Waals surface area contributed by atoms with Gasteiger partial charge in [-0.1, -0.05) is 30.2 Å². The van der Waals surface area contributed by atoms with E-state index in [0.29, 0.717) is 5.13 Å². The number of rotatable bonds is 4. The molecule has 0 unspecified atom stereocenters. The molecule has 0 atom stereocenters. The maximum atomic E-state index is 11.8. The first-order valence-electron chi connectivity index (χ1n) is 6.71. The molecular formula is C15H15ClN2OS. The number of anilines is 1. The molecule has 0 aliphatic heterocycles. The van der Waals surface area contributed by atoms with Crippen LogP contribution in [-0.4, -0.2) is 10.9 Å². The van der Waals surface area contributed by atoms with Gasteiger partial charge in [0.05, 0.1) is 0 Å². The Balaban J connectivity index is 1.63. The third kappa shape index (κ3) is 3.19. The summed E-state index contributed by atoms with van der Waals surface area (Å²) in [6.45, 7) is 0. The van der Waals surface area contributed by atoms with Crippen molar-refractivity contribution in [2.24, 2.45) is 5.92 Å². The highest BCUT2D eigenvalue weighted by Gasteiger charge is 2.25. The molecule has 1 fully saturated rings. The van der Waals surface area contributed by atoms with Crippen molar-refractivity contribution in [1.29, 1.82) is 0 Å². The normalized spacial score (nSPS) is 14.8. The van der Waals surface area contributed by atoms with Crippen LogP contribution in [0.4, 0.5) is 5.13 Å². The second-order valence-corrected chi connectivity index (χ2v) is 6.61. The number of benzene rings is 1. The Morgan fingerprint density at radius 3 is 3.00 bits per heavy atom. The van der Waals surface area contributed by atoms with E-state index in [1.54, 1.807) is 0 Å². The highest BCUT2D eigenvalue weighted by atomic mass is 35.5. The topological polar surface area (TPSA) is 42.0 Å². The van der Waals surface area contributed by atoms with Crippen LogP contribution in [0.25, 0.3) is 0 Å². The van der Waals surface area contributed by atoms with Gasteiger partial charge in [-0.3, -0.25) is 4.79 Å². The van der Waals surface area contributed by atoms with Gasteiger partial charge in [-0.2, -0.15) is 0 Å². The molecule has 0 bridgehead atoms. The van der Waals surface area contributed by atoms with E-state index in [1.807, 2.05) is 30.5 Å². The average molecular weight is 307 g/mol. The second kappa shape index (κ2) is 5.94. The highest BCUT2D eigenvalue weighted by Crippen LogP contribution is 2.29. The molecule has 1 aromatic carbocycles. The van der Waals surface area contributed by atoms with E-state index in [0.717, 1.165) is 41.1 Å². The zero-order valence-electron chi connectivity index (χ0n) is 10.9. The van der Waals surface area contributed by atoms with Crippen LogP contribution in [-0.2, 0) is 11.2 Å². The van der Waals surface area contributed by atoms with Crippen LogP contribution in [0.3, 0.4) is 0 Å². The van der Waals surface area contributed by atoms with Gasteiger partial charge in [-0.25, -0.2) is 4.98 Å². The van der Waals surface area contributed by atoms with Gasteiger partial charge in [-0.15, -0.1) is 11.3 Å². The third-order valence-electron chi connectivity index (χ3n) is 3.53. The molecule has 2 aromatic rings. The van der Waals surface area contributed by atoms with Crippen LogP contribution in [0, 0.1) is 5.92 Å². The third-order valence-corrected chi connectivity index (χ3v) is 4.67. The van der Waals surface area contributed by atoms with Crippen LogP contribution < -0.4 is 5.32 Å². The van der Waals surface area contributed by atoms with Gasteiger partial charge in [0.15, 0.2) is 5.13 Å². The molecule has 1 heterocycles. The molecule has 3 rings (SSSR count). The summed E-state index contributed by atoms with van der Waals surface area (Å²) in [5.74, 6) is 0.301. The number of nitrogens with zero attached hydrogens (tertiary/aromatic N) is 1. The fourth-order valence-electron chi connectivity index (χ4n) is 2.17. The number of halogens is 1. The van der Waals surface area contributed by atoms with Crippen molar-refractivity contribution in [3.05, 3.63) is 45.9 Å². The van der Waals surface area contributed by atoms with E-state index < -0.39 is 0 Å². The quantitative estimate of drug-likeness (QED) is 0.923. The van der Waals surface area contributed by atoms with Crippen molar-refractivity contribution in [2.45, 2.75) is 25.7 Å². The lowest BCUT2D eigenvalue weighted by atomic mass is 9.85. The van der Waals surface area contributed by atoms with Crippen LogP contribution in [0.2, 0.25) is 5.02 Å². The molecule has 0 saturated heterocycles. The van der Waals surface area contributed by atoms with Gasteiger partial charge in [-0.05, 0) is 30.5 Å². The SMILES string of the molecule is O=C(Nc1ncc(Cc2cccc(Cl)c2)s1)C1CCC1. The van der Waals surface area contributed by atoms with Gasteiger partial charge in [0, 0.05) is 28.4 Å². The van der Waals surface area contributed by atoms with Crippen molar-refractivity contribution < 1.29 is 4.79 Å². The zero-order chi connectivity index (χ0) is 13.9. The van der Waals surface area contributed by atoms with Crippen molar-refractivity contribution in [2.75, 3.05) is 5.32 Å². The van der Waals surface area contributed by atoms with Gasteiger partial charge in [0.1, 0.15) is 0 Å². The number of carbonyl (C=O) groups is 1. The molecule has 1 aliphatic rings. The van der Waals surface area contributed by atoms with Gasteiger partial charge < -0.3 is 5.32 Å². The molecule has 1 aromatic heterocycles. The van der Waals surface area contributed by atoms with E-state index in [4.69, 9.17) is 11.6 Å². The zero-order valence-corrected chi connectivity index (χ0v) is 12.5. The monoisotopic (exact) mass is 306 g/mol. The fraction of sp³-hybridized carbons (Fsp3) is 0.333. The molecular weight excluding hydrogens is 292 g/mol. The molecule has 20 heavy (non-hydrogen) atoms. The van der Waals surface area contributed by atoms with Crippen LogP contribution >= 0.6 is 22.9 Å². The number of carbonyl (C=O) groups excluding carboxylic acids is 1. The van der Waals surface area contributed by atoms with Crippen LogP contribution in [0.15, 0.2) is 30.5 Å². The Morgan fingerprint density at radius 2 is 2.30 bits per heavy atom. The lowest BCUT2D eigenvalue weighted by Gasteiger charge is -2.23. The number of thiazole rings is 1. The number of amides is 1.